The highest BCUT2D eigenvalue weighted by molar-refractivity contribution is 7.91. The van der Waals surface area contributed by atoms with Gasteiger partial charge in [-0.25, -0.2) is 13.1 Å². The number of amides is 2. The van der Waals surface area contributed by atoms with Gasteiger partial charge >= 0.3 is 0 Å². The van der Waals surface area contributed by atoms with Crippen molar-refractivity contribution < 1.29 is 18.0 Å². The van der Waals surface area contributed by atoms with Gasteiger partial charge in [0.1, 0.15) is 9.90 Å². The molecule has 1 atom stereocenters. The van der Waals surface area contributed by atoms with Gasteiger partial charge in [0, 0.05) is 16.0 Å². The van der Waals surface area contributed by atoms with E-state index in [1.54, 1.807) is 18.2 Å². The van der Waals surface area contributed by atoms with Crippen LogP contribution in [-0.2, 0) is 16.6 Å². The van der Waals surface area contributed by atoms with Crippen molar-refractivity contribution >= 4 is 44.5 Å². The molecule has 2 amide bonds. The van der Waals surface area contributed by atoms with Crippen molar-refractivity contribution in [1.82, 2.24) is 14.6 Å². The normalized spacial score (nSPS) is 15.1. The third-order valence-electron chi connectivity index (χ3n) is 4.75. The number of fused-ring (bicyclic) bond motifs is 1. The number of pyridine rings is 1. The Labute approximate surface area is 182 Å². The summed E-state index contributed by atoms with van der Waals surface area (Å²) in [6, 6.07) is 9.78. The van der Waals surface area contributed by atoms with E-state index < -0.39 is 21.8 Å². The second kappa shape index (κ2) is 8.03. The van der Waals surface area contributed by atoms with Crippen molar-refractivity contribution in [3.05, 3.63) is 69.0 Å². The highest BCUT2D eigenvalue weighted by Crippen LogP contribution is 2.31. The lowest BCUT2D eigenvalue weighted by atomic mass is 10.0. The Kier molecular flexibility index (Phi) is 5.58. The van der Waals surface area contributed by atoms with Crippen LogP contribution in [0.1, 0.15) is 50.5 Å². The van der Waals surface area contributed by atoms with Crippen molar-refractivity contribution in [2.24, 2.45) is 5.92 Å². The molecule has 0 bridgehead atoms. The fourth-order valence-corrected chi connectivity index (χ4v) is 6.97. The zero-order valence-corrected chi connectivity index (χ0v) is 18.7. The second-order valence-electron chi connectivity index (χ2n) is 7.18. The smallest absolute Gasteiger partial charge is 0.268 e. The highest BCUT2D eigenvalue weighted by Gasteiger charge is 2.37. The predicted molar refractivity (Wildman–Crippen MR) is 115 cm³/mol. The molecule has 7 nitrogen and oxygen atoms in total. The van der Waals surface area contributed by atoms with Gasteiger partial charge in [-0.05, 0) is 41.6 Å². The summed E-state index contributed by atoms with van der Waals surface area (Å²) in [5.41, 5.74) is 0.397. The third-order valence-corrected chi connectivity index (χ3v) is 8.70. The maximum absolute atomic E-state index is 12.9. The van der Waals surface area contributed by atoms with Gasteiger partial charge in [-0.15, -0.1) is 22.7 Å². The van der Waals surface area contributed by atoms with E-state index in [4.69, 9.17) is 0 Å². The molecule has 3 aromatic heterocycles. The maximum Gasteiger partial charge on any atom is 0.280 e. The van der Waals surface area contributed by atoms with Crippen molar-refractivity contribution in [3.8, 4) is 0 Å². The van der Waals surface area contributed by atoms with Crippen LogP contribution in [0.5, 0.6) is 0 Å². The number of nitrogens with one attached hydrogen (secondary N) is 1. The standard InChI is InChI=1S/C20H19N3O4S3/c1-12(2)17(15-6-4-10-28-15)22-30(26,27)16-8-7-13(29-16)11-23-19(24)14-5-3-9-21-18(14)20(23)25/h3-10,12,17,22H,11H2,1-2H3. The number of nitrogens with zero attached hydrogens (tertiary/aromatic N) is 2. The summed E-state index contributed by atoms with van der Waals surface area (Å²) in [6.45, 7) is 3.93. The van der Waals surface area contributed by atoms with Gasteiger partial charge in [0.15, 0.2) is 0 Å². The fourth-order valence-electron chi connectivity index (χ4n) is 3.22. The molecule has 1 aliphatic rings. The van der Waals surface area contributed by atoms with E-state index in [0.29, 0.717) is 4.88 Å². The number of aromatic nitrogens is 1. The first kappa shape index (κ1) is 20.9. The lowest BCUT2D eigenvalue weighted by molar-refractivity contribution is 0.0642. The number of imide groups is 1. The number of hydrogen-bond donors (Lipinski definition) is 1. The Morgan fingerprint density at radius 3 is 2.57 bits per heavy atom. The van der Waals surface area contributed by atoms with Crippen LogP contribution in [0.25, 0.3) is 0 Å². The van der Waals surface area contributed by atoms with Gasteiger partial charge in [-0.2, -0.15) is 0 Å². The molecule has 0 saturated carbocycles. The highest BCUT2D eigenvalue weighted by atomic mass is 32.2. The van der Waals surface area contributed by atoms with E-state index in [2.05, 4.69) is 9.71 Å². The molecule has 10 heteroatoms. The molecule has 4 heterocycles. The molecule has 30 heavy (non-hydrogen) atoms. The number of thiophene rings is 2. The molecular formula is C20H19N3O4S3. The summed E-state index contributed by atoms with van der Waals surface area (Å²) in [5.74, 6) is -0.815. The van der Waals surface area contributed by atoms with Crippen molar-refractivity contribution in [3.63, 3.8) is 0 Å². The van der Waals surface area contributed by atoms with Crippen LogP contribution >= 0.6 is 22.7 Å². The fraction of sp³-hybridized carbons (Fsp3) is 0.250. The lowest BCUT2D eigenvalue weighted by Gasteiger charge is -2.20. The minimum absolute atomic E-state index is 0.00669. The van der Waals surface area contributed by atoms with Gasteiger partial charge in [0.2, 0.25) is 0 Å². The molecule has 0 radical (unpaired) electrons. The molecule has 1 aliphatic heterocycles. The Bertz CT molecular complexity index is 1160. The lowest BCUT2D eigenvalue weighted by Crippen LogP contribution is -2.30. The van der Waals surface area contributed by atoms with Crippen LogP contribution in [0.4, 0.5) is 0 Å². The van der Waals surface area contributed by atoms with Gasteiger partial charge < -0.3 is 0 Å². The maximum atomic E-state index is 12.9. The average molecular weight is 462 g/mol. The number of sulfonamides is 1. The van der Waals surface area contributed by atoms with Crippen LogP contribution in [0.15, 0.2) is 52.2 Å². The number of carbonyl (C=O) groups is 2. The van der Waals surface area contributed by atoms with E-state index in [9.17, 15) is 18.0 Å². The number of rotatable bonds is 7. The first-order chi connectivity index (χ1) is 14.3. The largest absolute Gasteiger partial charge is 0.280 e. The summed E-state index contributed by atoms with van der Waals surface area (Å²) < 4.78 is 28.8. The van der Waals surface area contributed by atoms with Crippen LogP contribution < -0.4 is 4.72 Å². The van der Waals surface area contributed by atoms with Crippen LogP contribution in [-0.4, -0.2) is 30.1 Å². The van der Waals surface area contributed by atoms with E-state index >= 15 is 0 Å². The topological polar surface area (TPSA) is 96.4 Å². The molecule has 1 N–H and O–H groups in total. The quantitative estimate of drug-likeness (QED) is 0.542. The Morgan fingerprint density at radius 2 is 1.90 bits per heavy atom. The van der Waals surface area contributed by atoms with E-state index in [1.165, 1.54) is 23.6 Å². The number of hydrogen-bond acceptors (Lipinski definition) is 7. The first-order valence-electron chi connectivity index (χ1n) is 9.23. The second-order valence-corrected chi connectivity index (χ2v) is 11.3. The summed E-state index contributed by atoms with van der Waals surface area (Å²) in [7, 11) is -3.75. The summed E-state index contributed by atoms with van der Waals surface area (Å²) in [4.78, 5) is 31.6. The Morgan fingerprint density at radius 1 is 1.10 bits per heavy atom. The molecule has 0 aromatic carbocycles. The molecule has 0 fully saturated rings. The third kappa shape index (κ3) is 3.83. The monoisotopic (exact) mass is 461 g/mol. The van der Waals surface area contributed by atoms with Crippen LogP contribution in [0.3, 0.4) is 0 Å². The molecule has 4 rings (SSSR count). The van der Waals surface area contributed by atoms with Gasteiger partial charge in [-0.3, -0.25) is 19.5 Å². The molecular weight excluding hydrogens is 442 g/mol. The van der Waals surface area contributed by atoms with Crippen LogP contribution in [0, 0.1) is 5.92 Å². The minimum atomic E-state index is -3.75. The summed E-state index contributed by atoms with van der Waals surface area (Å²) >= 11 is 2.55. The van der Waals surface area contributed by atoms with Crippen LogP contribution in [0.2, 0.25) is 0 Å². The Hall–Kier alpha value is -2.40. The Balaban J connectivity index is 1.53. The van der Waals surface area contributed by atoms with Crippen molar-refractivity contribution in [2.75, 3.05) is 0 Å². The molecule has 3 aromatic rings. The number of carbonyl (C=O) groups excluding carboxylic acids is 2. The average Bonchev–Trinajstić information content (AvgIpc) is 3.45. The predicted octanol–water partition coefficient (Wildman–Crippen LogP) is 3.68. The molecule has 0 aliphatic carbocycles. The van der Waals surface area contributed by atoms with Crippen molar-refractivity contribution in [2.45, 2.75) is 30.6 Å². The van der Waals surface area contributed by atoms with Gasteiger partial charge in [0.05, 0.1) is 18.2 Å². The van der Waals surface area contributed by atoms with Crippen molar-refractivity contribution in [1.29, 1.82) is 0 Å². The zero-order chi connectivity index (χ0) is 21.5. The zero-order valence-electron chi connectivity index (χ0n) is 16.2. The van der Waals surface area contributed by atoms with E-state index in [-0.39, 0.29) is 34.0 Å². The summed E-state index contributed by atoms with van der Waals surface area (Å²) in [6.07, 6.45) is 1.47. The van der Waals surface area contributed by atoms with Gasteiger partial charge in [0.25, 0.3) is 21.8 Å². The molecule has 1 unspecified atom stereocenters. The molecule has 0 spiro atoms. The summed E-state index contributed by atoms with van der Waals surface area (Å²) in [5, 5.41) is 1.92. The first-order valence-corrected chi connectivity index (χ1v) is 12.4. The molecule has 156 valence electrons. The SMILES string of the molecule is CC(C)C(NS(=O)(=O)c1ccc(CN2C(=O)c3cccnc3C2=O)s1)c1cccs1. The van der Waals surface area contributed by atoms with Gasteiger partial charge in [-0.1, -0.05) is 19.9 Å². The van der Waals surface area contributed by atoms with E-state index in [1.807, 2.05) is 31.4 Å². The van der Waals surface area contributed by atoms with E-state index in [0.717, 1.165) is 21.1 Å². The molecule has 0 saturated heterocycles. The minimum Gasteiger partial charge on any atom is -0.268 e.